The van der Waals surface area contributed by atoms with Crippen molar-refractivity contribution in [3.05, 3.63) is 58.1 Å². The van der Waals surface area contributed by atoms with Crippen molar-refractivity contribution >= 4 is 52.4 Å². The summed E-state index contributed by atoms with van der Waals surface area (Å²) in [6, 6.07) is 11.2. The number of carbonyl (C=O) groups excluding carboxylic acids is 3. The number of benzene rings is 2. The van der Waals surface area contributed by atoms with Gasteiger partial charge in [0.25, 0.3) is 0 Å². The molecule has 0 saturated carbocycles. The van der Waals surface area contributed by atoms with E-state index in [1.807, 2.05) is 6.92 Å². The molecule has 2 aromatic carbocycles. The van der Waals surface area contributed by atoms with Crippen molar-refractivity contribution in [2.24, 2.45) is 0 Å². The molecule has 2 aromatic rings. The second kappa shape index (κ2) is 11.5. The predicted molar refractivity (Wildman–Crippen MR) is 118 cm³/mol. The minimum atomic E-state index is -0.418. The van der Waals surface area contributed by atoms with E-state index in [1.165, 1.54) is 0 Å². The number of nitrogens with zero attached hydrogens (tertiary/aromatic N) is 1. The lowest BCUT2D eigenvalue weighted by molar-refractivity contribution is -0.119. The van der Waals surface area contributed by atoms with Crippen LogP contribution in [0, 0.1) is 0 Å². The summed E-state index contributed by atoms with van der Waals surface area (Å²) >= 11 is 12.0. The normalized spacial score (nSPS) is 10.6. The summed E-state index contributed by atoms with van der Waals surface area (Å²) in [5.41, 5.74) is 1.36. The molecule has 30 heavy (non-hydrogen) atoms. The molecule has 2 amide bonds. The van der Waals surface area contributed by atoms with E-state index < -0.39 is 5.97 Å². The Hall–Kier alpha value is -2.61. The Kier molecular flexibility index (Phi) is 9.11. The van der Waals surface area contributed by atoms with Gasteiger partial charge in [-0.2, -0.15) is 0 Å². The zero-order valence-corrected chi connectivity index (χ0v) is 18.2. The molecule has 0 heterocycles. The minimum absolute atomic E-state index is 0.00849. The largest absolute Gasteiger partial charge is 0.462 e. The maximum atomic E-state index is 12.3. The van der Waals surface area contributed by atoms with Gasteiger partial charge in [-0.3, -0.25) is 14.5 Å². The van der Waals surface area contributed by atoms with Crippen LogP contribution in [-0.4, -0.2) is 48.9 Å². The highest BCUT2D eigenvalue weighted by molar-refractivity contribution is 6.35. The summed E-state index contributed by atoms with van der Waals surface area (Å²) in [5.74, 6) is -1.01. The zero-order valence-electron chi connectivity index (χ0n) is 16.7. The van der Waals surface area contributed by atoms with Gasteiger partial charge in [0, 0.05) is 10.7 Å². The van der Waals surface area contributed by atoms with Crippen LogP contribution in [0.15, 0.2) is 42.5 Å². The van der Waals surface area contributed by atoms with Gasteiger partial charge < -0.3 is 15.4 Å². The van der Waals surface area contributed by atoms with Crippen molar-refractivity contribution in [3.63, 3.8) is 0 Å². The number of nitrogens with one attached hydrogen (secondary N) is 2. The molecule has 0 spiro atoms. The summed E-state index contributed by atoms with van der Waals surface area (Å²) in [7, 11) is 0. The molecule has 0 aliphatic rings. The number of likely N-dealkylation sites (N-methyl/N-ethyl adjacent to an activating group) is 1. The molecule has 160 valence electrons. The Balaban J connectivity index is 1.88. The molecule has 2 N–H and O–H groups in total. The van der Waals surface area contributed by atoms with Crippen molar-refractivity contribution in [1.29, 1.82) is 0 Å². The van der Waals surface area contributed by atoms with Gasteiger partial charge in [0.1, 0.15) is 0 Å². The van der Waals surface area contributed by atoms with Crippen LogP contribution < -0.4 is 10.6 Å². The number of halogens is 2. The fourth-order valence-corrected chi connectivity index (χ4v) is 2.91. The van der Waals surface area contributed by atoms with Gasteiger partial charge in [-0.15, -0.1) is 0 Å². The average molecular weight is 452 g/mol. The summed E-state index contributed by atoms with van der Waals surface area (Å²) in [4.78, 5) is 38.0. The van der Waals surface area contributed by atoms with Crippen molar-refractivity contribution < 1.29 is 19.1 Å². The Morgan fingerprint density at radius 1 is 0.933 bits per heavy atom. The minimum Gasteiger partial charge on any atom is -0.462 e. The van der Waals surface area contributed by atoms with Crippen molar-refractivity contribution in [3.8, 4) is 0 Å². The van der Waals surface area contributed by atoms with Gasteiger partial charge in [-0.25, -0.2) is 4.79 Å². The lowest BCUT2D eigenvalue weighted by Crippen LogP contribution is -2.38. The second-order valence-electron chi connectivity index (χ2n) is 6.32. The summed E-state index contributed by atoms with van der Waals surface area (Å²) in [6.07, 6.45) is 0. The Morgan fingerprint density at radius 2 is 1.57 bits per heavy atom. The average Bonchev–Trinajstić information content (AvgIpc) is 2.70. The third-order valence-corrected chi connectivity index (χ3v) is 4.63. The molecule has 0 radical (unpaired) electrons. The number of rotatable bonds is 9. The quantitative estimate of drug-likeness (QED) is 0.561. The third kappa shape index (κ3) is 7.33. The van der Waals surface area contributed by atoms with Gasteiger partial charge in [0.15, 0.2) is 0 Å². The van der Waals surface area contributed by atoms with E-state index in [4.69, 9.17) is 27.9 Å². The first kappa shape index (κ1) is 23.7. The number of hydrogen-bond acceptors (Lipinski definition) is 5. The van der Waals surface area contributed by atoms with E-state index in [2.05, 4.69) is 10.6 Å². The van der Waals surface area contributed by atoms with E-state index >= 15 is 0 Å². The van der Waals surface area contributed by atoms with Crippen molar-refractivity contribution in [1.82, 2.24) is 4.90 Å². The Bertz CT molecular complexity index is 904. The lowest BCUT2D eigenvalue weighted by Gasteiger charge is -2.19. The highest BCUT2D eigenvalue weighted by atomic mass is 35.5. The number of ether oxygens (including phenoxy) is 1. The standard InChI is InChI=1S/C21H23Cl2N3O4/c1-3-26(13-20(28)25-18-11-15(22)7-10-17(18)23)12-19(27)24-16-8-5-14(6-9-16)21(29)30-4-2/h5-11H,3-4,12-13H2,1-2H3,(H,24,27)(H,25,28). The first-order valence-corrected chi connectivity index (χ1v) is 10.1. The van der Waals surface area contributed by atoms with Crippen LogP contribution in [-0.2, 0) is 14.3 Å². The van der Waals surface area contributed by atoms with Gasteiger partial charge in [-0.05, 0) is 55.9 Å². The molecule has 0 aromatic heterocycles. The monoisotopic (exact) mass is 451 g/mol. The van der Waals surface area contributed by atoms with Crippen LogP contribution in [0.4, 0.5) is 11.4 Å². The molecular formula is C21H23Cl2N3O4. The number of anilines is 2. The summed E-state index contributed by atoms with van der Waals surface area (Å²) < 4.78 is 4.92. The lowest BCUT2D eigenvalue weighted by atomic mass is 10.2. The highest BCUT2D eigenvalue weighted by Crippen LogP contribution is 2.25. The van der Waals surface area contributed by atoms with Gasteiger partial charge in [0.05, 0.1) is 36.0 Å². The Labute approximate surface area is 185 Å². The van der Waals surface area contributed by atoms with Crippen LogP contribution in [0.1, 0.15) is 24.2 Å². The molecule has 0 saturated heterocycles. The van der Waals surface area contributed by atoms with Crippen molar-refractivity contribution in [2.75, 3.05) is 36.9 Å². The van der Waals surface area contributed by atoms with Crippen LogP contribution in [0.25, 0.3) is 0 Å². The SMILES string of the molecule is CCOC(=O)c1ccc(NC(=O)CN(CC)CC(=O)Nc2cc(Cl)ccc2Cl)cc1. The maximum absolute atomic E-state index is 12.3. The predicted octanol–water partition coefficient (Wildman–Crippen LogP) is 4.07. The first-order chi connectivity index (χ1) is 14.3. The van der Waals surface area contributed by atoms with Gasteiger partial charge in [-0.1, -0.05) is 30.1 Å². The highest BCUT2D eigenvalue weighted by Gasteiger charge is 2.15. The number of amides is 2. The van der Waals surface area contributed by atoms with Crippen LogP contribution in [0.3, 0.4) is 0 Å². The first-order valence-electron chi connectivity index (χ1n) is 9.36. The zero-order chi connectivity index (χ0) is 22.1. The third-order valence-electron chi connectivity index (χ3n) is 4.06. The molecule has 0 fully saturated rings. The van der Waals surface area contributed by atoms with E-state index in [9.17, 15) is 14.4 Å². The molecule has 0 unspecified atom stereocenters. The molecule has 0 bridgehead atoms. The summed E-state index contributed by atoms with van der Waals surface area (Å²) in [6.45, 7) is 4.39. The van der Waals surface area contributed by atoms with E-state index in [1.54, 1.807) is 54.3 Å². The van der Waals surface area contributed by atoms with Gasteiger partial charge >= 0.3 is 5.97 Å². The van der Waals surface area contributed by atoms with Crippen LogP contribution in [0.2, 0.25) is 10.0 Å². The number of hydrogen-bond donors (Lipinski definition) is 2. The molecule has 9 heteroatoms. The summed E-state index contributed by atoms with van der Waals surface area (Å²) in [5, 5.41) is 6.26. The van der Waals surface area contributed by atoms with E-state index in [0.717, 1.165) is 0 Å². The fourth-order valence-electron chi connectivity index (χ4n) is 2.57. The molecular weight excluding hydrogens is 429 g/mol. The molecule has 2 rings (SSSR count). The second-order valence-corrected chi connectivity index (χ2v) is 7.17. The number of carbonyl (C=O) groups is 3. The van der Waals surface area contributed by atoms with Crippen LogP contribution >= 0.6 is 23.2 Å². The van der Waals surface area contributed by atoms with Crippen molar-refractivity contribution in [2.45, 2.75) is 13.8 Å². The molecule has 7 nitrogen and oxygen atoms in total. The topological polar surface area (TPSA) is 87.7 Å². The van der Waals surface area contributed by atoms with Crippen LogP contribution in [0.5, 0.6) is 0 Å². The molecule has 0 atom stereocenters. The molecule has 0 aliphatic carbocycles. The maximum Gasteiger partial charge on any atom is 0.338 e. The fraction of sp³-hybridized carbons (Fsp3) is 0.286. The Morgan fingerprint density at radius 3 is 2.17 bits per heavy atom. The smallest absolute Gasteiger partial charge is 0.338 e. The number of esters is 1. The van der Waals surface area contributed by atoms with E-state index in [-0.39, 0.29) is 24.9 Å². The molecule has 0 aliphatic heterocycles. The van der Waals surface area contributed by atoms with E-state index in [0.29, 0.717) is 40.1 Å². The van der Waals surface area contributed by atoms with Gasteiger partial charge in [0.2, 0.25) is 11.8 Å².